The molecule has 2 aromatic rings. The maximum atomic E-state index is 11.5. The van der Waals surface area contributed by atoms with E-state index in [1.165, 1.54) is 11.1 Å². The molecule has 0 radical (unpaired) electrons. The average Bonchev–Trinajstić information content (AvgIpc) is 2.55. The molecule has 0 saturated carbocycles. The van der Waals surface area contributed by atoms with Crippen molar-refractivity contribution < 1.29 is 9.53 Å². The first-order valence-electron chi connectivity index (χ1n) is 8.51. The summed E-state index contributed by atoms with van der Waals surface area (Å²) in [5.74, 6) is 6.18. The molecule has 0 aliphatic rings. The molecule has 0 unspecified atom stereocenters. The van der Waals surface area contributed by atoms with E-state index in [4.69, 9.17) is 4.74 Å². The van der Waals surface area contributed by atoms with Crippen LogP contribution in [0.1, 0.15) is 43.9 Å². The molecule has 0 aliphatic carbocycles. The Morgan fingerprint density at radius 1 is 1.00 bits per heavy atom. The molecule has 0 fully saturated rings. The molecule has 3 heteroatoms. The Bertz CT molecular complexity index is 732. The van der Waals surface area contributed by atoms with Crippen LogP contribution in [0, 0.1) is 11.8 Å². The van der Waals surface area contributed by atoms with Crippen molar-refractivity contribution >= 4 is 6.09 Å². The number of nitrogens with one attached hydrogen (secondary N) is 1. The van der Waals surface area contributed by atoms with Crippen LogP contribution in [0.25, 0.3) is 0 Å². The fraction of sp³-hybridized carbons (Fsp3) is 0.318. The third-order valence-electron chi connectivity index (χ3n) is 3.36. The lowest BCUT2D eigenvalue weighted by atomic mass is 10.0. The average molecular weight is 335 g/mol. The Hall–Kier alpha value is -2.73. The van der Waals surface area contributed by atoms with Gasteiger partial charge in [-0.15, -0.1) is 0 Å². The second-order valence-corrected chi connectivity index (χ2v) is 6.84. The number of hydrogen-bond acceptors (Lipinski definition) is 2. The number of alkyl carbamates (subject to hydrolysis) is 1. The van der Waals surface area contributed by atoms with Gasteiger partial charge in [-0.1, -0.05) is 54.3 Å². The van der Waals surface area contributed by atoms with Gasteiger partial charge in [0.2, 0.25) is 0 Å². The lowest BCUT2D eigenvalue weighted by molar-refractivity contribution is 0.0529. The lowest BCUT2D eigenvalue weighted by Crippen LogP contribution is -2.32. The van der Waals surface area contributed by atoms with Gasteiger partial charge >= 0.3 is 6.09 Å². The largest absolute Gasteiger partial charge is 0.444 e. The SMILES string of the molecule is CC(C)(C)OC(=O)NCCC#Cc1ccc(Cc2ccccc2)cc1. The van der Waals surface area contributed by atoms with Crippen LogP contribution in [0.4, 0.5) is 4.79 Å². The Morgan fingerprint density at radius 2 is 1.64 bits per heavy atom. The van der Waals surface area contributed by atoms with Gasteiger partial charge in [-0.05, 0) is 50.5 Å². The molecule has 2 aromatic carbocycles. The van der Waals surface area contributed by atoms with Crippen molar-refractivity contribution in [2.24, 2.45) is 0 Å². The minimum absolute atomic E-state index is 0.403. The van der Waals surface area contributed by atoms with E-state index >= 15 is 0 Å². The van der Waals surface area contributed by atoms with Crippen LogP contribution in [0.2, 0.25) is 0 Å². The van der Waals surface area contributed by atoms with Crippen LogP contribution in [0.15, 0.2) is 54.6 Å². The van der Waals surface area contributed by atoms with E-state index in [2.05, 4.69) is 53.6 Å². The quantitative estimate of drug-likeness (QED) is 0.658. The standard InChI is InChI=1S/C22H25NO2/c1-22(2,3)25-21(24)23-16-8-7-9-18-12-14-20(15-13-18)17-19-10-5-4-6-11-19/h4-6,10-15H,8,16-17H2,1-3H3,(H,23,24). The highest BCUT2D eigenvalue weighted by atomic mass is 16.6. The molecule has 0 aromatic heterocycles. The monoisotopic (exact) mass is 335 g/mol. The predicted octanol–water partition coefficient (Wildman–Crippen LogP) is 4.54. The molecular weight excluding hydrogens is 310 g/mol. The highest BCUT2D eigenvalue weighted by Crippen LogP contribution is 2.10. The lowest BCUT2D eigenvalue weighted by Gasteiger charge is -2.19. The zero-order valence-electron chi connectivity index (χ0n) is 15.1. The molecule has 3 nitrogen and oxygen atoms in total. The van der Waals surface area contributed by atoms with Crippen LogP contribution < -0.4 is 5.32 Å². The van der Waals surface area contributed by atoms with Gasteiger partial charge in [0.1, 0.15) is 5.60 Å². The summed E-state index contributed by atoms with van der Waals surface area (Å²) in [7, 11) is 0. The second kappa shape index (κ2) is 8.94. The minimum atomic E-state index is -0.475. The van der Waals surface area contributed by atoms with Gasteiger partial charge in [0, 0.05) is 18.5 Å². The van der Waals surface area contributed by atoms with E-state index in [1.807, 2.05) is 39.0 Å². The zero-order valence-corrected chi connectivity index (χ0v) is 15.1. The van der Waals surface area contributed by atoms with Crippen molar-refractivity contribution in [3.05, 3.63) is 71.3 Å². The molecule has 0 aliphatic heterocycles. The summed E-state index contributed by atoms with van der Waals surface area (Å²) >= 11 is 0. The summed E-state index contributed by atoms with van der Waals surface area (Å²) in [6.45, 7) is 6.00. The Balaban J connectivity index is 1.76. The van der Waals surface area contributed by atoms with E-state index < -0.39 is 11.7 Å². The van der Waals surface area contributed by atoms with E-state index in [0.29, 0.717) is 13.0 Å². The maximum absolute atomic E-state index is 11.5. The summed E-state index contributed by atoms with van der Waals surface area (Å²) < 4.78 is 5.17. The summed E-state index contributed by atoms with van der Waals surface area (Å²) in [6, 6.07) is 18.7. The van der Waals surface area contributed by atoms with E-state index in [0.717, 1.165) is 12.0 Å². The molecular formula is C22H25NO2. The molecule has 0 saturated heterocycles. The molecule has 0 heterocycles. The van der Waals surface area contributed by atoms with Crippen LogP contribution in [0.5, 0.6) is 0 Å². The Kier molecular flexibility index (Phi) is 6.65. The topological polar surface area (TPSA) is 38.3 Å². The summed E-state index contributed by atoms with van der Waals surface area (Å²) in [5.41, 5.74) is 3.07. The predicted molar refractivity (Wildman–Crippen MR) is 101 cm³/mol. The van der Waals surface area contributed by atoms with Crippen LogP contribution in [-0.2, 0) is 11.2 Å². The first kappa shape index (κ1) is 18.6. The van der Waals surface area contributed by atoms with Crippen molar-refractivity contribution in [3.63, 3.8) is 0 Å². The summed E-state index contributed by atoms with van der Waals surface area (Å²) in [6.07, 6.45) is 1.11. The number of benzene rings is 2. The van der Waals surface area contributed by atoms with Gasteiger partial charge in [0.25, 0.3) is 0 Å². The number of hydrogen-bond donors (Lipinski definition) is 1. The molecule has 25 heavy (non-hydrogen) atoms. The van der Waals surface area contributed by atoms with Crippen LogP contribution in [0.3, 0.4) is 0 Å². The van der Waals surface area contributed by atoms with Crippen molar-refractivity contribution in [1.29, 1.82) is 0 Å². The van der Waals surface area contributed by atoms with Gasteiger partial charge in [-0.2, -0.15) is 0 Å². The highest BCUT2D eigenvalue weighted by molar-refractivity contribution is 5.67. The third-order valence-corrected chi connectivity index (χ3v) is 3.36. The first-order valence-corrected chi connectivity index (χ1v) is 8.51. The Labute approximate surface area is 150 Å². The smallest absolute Gasteiger partial charge is 0.407 e. The van der Waals surface area contributed by atoms with Gasteiger partial charge in [0.15, 0.2) is 0 Å². The number of amides is 1. The van der Waals surface area contributed by atoms with Gasteiger partial charge in [-0.25, -0.2) is 4.79 Å². The van der Waals surface area contributed by atoms with Gasteiger partial charge in [0.05, 0.1) is 0 Å². The second-order valence-electron chi connectivity index (χ2n) is 6.84. The molecule has 0 spiro atoms. The normalized spacial score (nSPS) is 10.5. The fourth-order valence-corrected chi connectivity index (χ4v) is 2.24. The third kappa shape index (κ3) is 7.58. The van der Waals surface area contributed by atoms with Crippen molar-refractivity contribution in [2.45, 2.75) is 39.2 Å². The van der Waals surface area contributed by atoms with E-state index in [-0.39, 0.29) is 0 Å². The van der Waals surface area contributed by atoms with E-state index in [9.17, 15) is 4.79 Å². The first-order chi connectivity index (χ1) is 11.9. The van der Waals surface area contributed by atoms with Crippen LogP contribution in [-0.4, -0.2) is 18.2 Å². The highest BCUT2D eigenvalue weighted by Gasteiger charge is 2.15. The number of carbonyl (C=O) groups excluding carboxylic acids is 1. The molecule has 2 rings (SSSR count). The van der Waals surface area contributed by atoms with Crippen LogP contribution >= 0.6 is 0 Å². The van der Waals surface area contributed by atoms with Gasteiger partial charge in [-0.3, -0.25) is 0 Å². The fourth-order valence-electron chi connectivity index (χ4n) is 2.24. The minimum Gasteiger partial charge on any atom is -0.444 e. The molecule has 1 N–H and O–H groups in total. The molecule has 0 bridgehead atoms. The number of rotatable bonds is 4. The van der Waals surface area contributed by atoms with Crippen molar-refractivity contribution in [2.75, 3.05) is 6.54 Å². The molecule has 0 atom stereocenters. The Morgan fingerprint density at radius 3 is 2.28 bits per heavy atom. The van der Waals surface area contributed by atoms with E-state index in [1.54, 1.807) is 0 Å². The summed E-state index contributed by atoms with van der Waals surface area (Å²) in [5, 5.41) is 2.70. The van der Waals surface area contributed by atoms with Gasteiger partial charge < -0.3 is 10.1 Å². The zero-order chi connectivity index (χ0) is 18.1. The molecule has 1 amide bonds. The number of ether oxygens (including phenoxy) is 1. The summed E-state index contributed by atoms with van der Waals surface area (Å²) in [4.78, 5) is 11.5. The maximum Gasteiger partial charge on any atom is 0.407 e. The van der Waals surface area contributed by atoms with Crippen molar-refractivity contribution in [1.82, 2.24) is 5.32 Å². The molecule has 130 valence electrons. The number of carbonyl (C=O) groups is 1. The van der Waals surface area contributed by atoms with Crippen molar-refractivity contribution in [3.8, 4) is 11.8 Å².